The first-order chi connectivity index (χ1) is 17.4. The molecule has 0 N–H and O–H groups in total. The lowest BCUT2D eigenvalue weighted by molar-refractivity contribution is -0.479. The van der Waals surface area contributed by atoms with Crippen LogP contribution in [0.5, 0.6) is 11.5 Å². The number of aromatic nitrogens is 3. The van der Waals surface area contributed by atoms with E-state index in [1.165, 1.54) is 11.8 Å². The van der Waals surface area contributed by atoms with Crippen LogP contribution >= 0.6 is 27.7 Å². The molecular weight excluding hydrogens is 544 g/mol. The van der Waals surface area contributed by atoms with Crippen LogP contribution in [0.25, 0.3) is 5.69 Å². The van der Waals surface area contributed by atoms with E-state index in [1.54, 1.807) is 0 Å². The van der Waals surface area contributed by atoms with Crippen molar-refractivity contribution < 1.29 is 14.4 Å². The van der Waals surface area contributed by atoms with Gasteiger partial charge < -0.3 is 9.47 Å². The largest absolute Gasteiger partial charge is 0.494 e. The molecule has 0 aliphatic carbocycles. The molecule has 0 radical (unpaired) electrons. The fourth-order valence-electron chi connectivity index (χ4n) is 3.66. The Morgan fingerprint density at radius 1 is 1.03 bits per heavy atom. The summed E-state index contributed by atoms with van der Waals surface area (Å²) in [4.78, 5) is 11.3. The normalized spacial score (nSPS) is 11.8. The molecular formula is C26H25BrN4O4S. The summed E-state index contributed by atoms with van der Waals surface area (Å²) in [6.07, 6.45) is 0. The summed E-state index contributed by atoms with van der Waals surface area (Å²) < 4.78 is 14.5. The maximum Gasteiger partial charge on any atom is 0.220 e. The molecule has 1 heterocycles. The van der Waals surface area contributed by atoms with Crippen molar-refractivity contribution in [1.82, 2.24) is 14.8 Å². The Balaban J connectivity index is 1.61. The molecule has 1 aromatic heterocycles. The number of aryl methyl sites for hydroxylation is 1. The summed E-state index contributed by atoms with van der Waals surface area (Å²) in [5.41, 5.74) is 2.58. The number of ether oxygens (including phenoxy) is 2. The monoisotopic (exact) mass is 568 g/mol. The molecule has 36 heavy (non-hydrogen) atoms. The SMILES string of the molecule is CCOc1ccc(-n2c(C)nnc2S[C@H](C[N+](=O)[O-])c2ccccc2OCc2ccc(Br)cc2)cc1. The summed E-state index contributed by atoms with van der Waals surface area (Å²) in [6, 6.07) is 22.9. The number of benzene rings is 3. The molecule has 3 aromatic carbocycles. The second-order valence-corrected chi connectivity index (χ2v) is 9.95. The van der Waals surface area contributed by atoms with E-state index in [0.717, 1.165) is 27.0 Å². The van der Waals surface area contributed by atoms with Gasteiger partial charge in [0, 0.05) is 20.6 Å². The number of rotatable bonds is 11. The second-order valence-electron chi connectivity index (χ2n) is 7.87. The molecule has 0 unspecified atom stereocenters. The van der Waals surface area contributed by atoms with Gasteiger partial charge in [0.25, 0.3) is 0 Å². The fraction of sp³-hybridized carbons (Fsp3) is 0.231. The molecule has 0 amide bonds. The lowest BCUT2D eigenvalue weighted by Gasteiger charge is -2.18. The van der Waals surface area contributed by atoms with Crippen molar-refractivity contribution >= 4 is 27.7 Å². The highest BCUT2D eigenvalue weighted by Crippen LogP contribution is 2.40. The first-order valence-corrected chi connectivity index (χ1v) is 13.0. The van der Waals surface area contributed by atoms with Gasteiger partial charge in [0.15, 0.2) is 5.16 Å². The lowest BCUT2D eigenvalue weighted by Crippen LogP contribution is -2.12. The van der Waals surface area contributed by atoms with Crippen molar-refractivity contribution in [1.29, 1.82) is 0 Å². The van der Waals surface area contributed by atoms with Crippen molar-refractivity contribution in [2.75, 3.05) is 13.2 Å². The van der Waals surface area contributed by atoms with E-state index < -0.39 is 5.25 Å². The van der Waals surface area contributed by atoms with Crippen molar-refractivity contribution in [2.45, 2.75) is 30.9 Å². The summed E-state index contributed by atoms with van der Waals surface area (Å²) in [5, 5.41) is 20.2. The van der Waals surface area contributed by atoms with E-state index >= 15 is 0 Å². The number of hydrogen-bond donors (Lipinski definition) is 0. The number of para-hydroxylation sites is 1. The van der Waals surface area contributed by atoms with Gasteiger partial charge in [0.1, 0.15) is 29.2 Å². The van der Waals surface area contributed by atoms with Crippen LogP contribution in [0, 0.1) is 17.0 Å². The minimum absolute atomic E-state index is 0.293. The van der Waals surface area contributed by atoms with Crippen LogP contribution in [0.3, 0.4) is 0 Å². The fourth-order valence-corrected chi connectivity index (χ4v) is 5.12. The average molecular weight is 569 g/mol. The molecule has 10 heteroatoms. The van der Waals surface area contributed by atoms with E-state index in [9.17, 15) is 10.1 Å². The highest BCUT2D eigenvalue weighted by atomic mass is 79.9. The molecule has 0 bridgehead atoms. The van der Waals surface area contributed by atoms with Gasteiger partial charge in [-0.2, -0.15) is 0 Å². The number of nitro groups is 1. The minimum atomic E-state index is -0.536. The quantitative estimate of drug-likeness (QED) is 0.117. The van der Waals surface area contributed by atoms with E-state index in [-0.39, 0.29) is 11.5 Å². The number of thioether (sulfide) groups is 1. The van der Waals surface area contributed by atoms with E-state index in [4.69, 9.17) is 9.47 Å². The molecule has 1 atom stereocenters. The van der Waals surface area contributed by atoms with Gasteiger partial charge in [-0.3, -0.25) is 14.7 Å². The Morgan fingerprint density at radius 2 is 1.75 bits per heavy atom. The molecule has 0 saturated carbocycles. The third-order valence-electron chi connectivity index (χ3n) is 5.34. The molecule has 0 spiro atoms. The highest BCUT2D eigenvalue weighted by molar-refractivity contribution is 9.10. The molecule has 4 rings (SSSR count). The predicted octanol–water partition coefficient (Wildman–Crippen LogP) is 6.43. The van der Waals surface area contributed by atoms with Crippen molar-refractivity contribution in [3.05, 3.63) is 104 Å². The Labute approximate surface area is 221 Å². The number of halogens is 1. The van der Waals surface area contributed by atoms with Gasteiger partial charge in [-0.25, -0.2) is 0 Å². The van der Waals surface area contributed by atoms with E-state index in [2.05, 4.69) is 26.1 Å². The predicted molar refractivity (Wildman–Crippen MR) is 143 cm³/mol. The Bertz CT molecular complexity index is 1310. The van der Waals surface area contributed by atoms with E-state index in [1.807, 2.05) is 91.2 Å². The van der Waals surface area contributed by atoms with Crippen molar-refractivity contribution in [3.63, 3.8) is 0 Å². The molecule has 0 aliphatic heterocycles. The third kappa shape index (κ3) is 6.44. The first kappa shape index (κ1) is 25.7. The standard InChI is InChI=1S/C26H25BrN4O4S/c1-3-34-22-14-12-21(13-15-22)31-18(2)28-29-26(31)36-25(16-30(32)33)23-6-4-5-7-24(23)35-17-19-8-10-20(27)11-9-19/h4-15,25H,3,16-17H2,1-2H3/t25-/m1/s1. The smallest absolute Gasteiger partial charge is 0.220 e. The van der Waals surface area contributed by atoms with Crippen LogP contribution < -0.4 is 9.47 Å². The first-order valence-electron chi connectivity index (χ1n) is 11.3. The summed E-state index contributed by atoms with van der Waals surface area (Å²) in [6.45, 7) is 4.42. The minimum Gasteiger partial charge on any atom is -0.494 e. The van der Waals surface area contributed by atoms with Crippen LogP contribution in [0.4, 0.5) is 0 Å². The second kappa shape index (κ2) is 12.0. The van der Waals surface area contributed by atoms with Gasteiger partial charge in [-0.15, -0.1) is 10.2 Å². The zero-order valence-electron chi connectivity index (χ0n) is 19.8. The molecule has 8 nitrogen and oxygen atoms in total. The molecule has 0 aliphatic rings. The van der Waals surface area contributed by atoms with Gasteiger partial charge in [-0.05, 0) is 61.9 Å². The summed E-state index contributed by atoms with van der Waals surface area (Å²) in [5.74, 6) is 2.05. The average Bonchev–Trinajstić information content (AvgIpc) is 3.23. The topological polar surface area (TPSA) is 92.3 Å². The Kier molecular flexibility index (Phi) is 8.61. The zero-order chi connectivity index (χ0) is 25.5. The molecule has 186 valence electrons. The van der Waals surface area contributed by atoms with Crippen LogP contribution in [0.15, 0.2) is 82.4 Å². The maximum atomic E-state index is 11.6. The van der Waals surface area contributed by atoms with Crippen LogP contribution in [0.1, 0.15) is 29.1 Å². The van der Waals surface area contributed by atoms with Crippen molar-refractivity contribution in [3.8, 4) is 17.2 Å². The van der Waals surface area contributed by atoms with Crippen LogP contribution in [-0.4, -0.2) is 32.8 Å². The van der Waals surface area contributed by atoms with Gasteiger partial charge in [-0.1, -0.05) is 58.0 Å². The number of nitrogens with zero attached hydrogens (tertiary/aromatic N) is 4. The molecule has 0 fully saturated rings. The Hall–Kier alpha value is -3.37. The maximum absolute atomic E-state index is 11.6. The van der Waals surface area contributed by atoms with Crippen LogP contribution in [0.2, 0.25) is 0 Å². The molecule has 4 aromatic rings. The Morgan fingerprint density at radius 3 is 2.44 bits per heavy atom. The highest BCUT2D eigenvalue weighted by Gasteiger charge is 2.26. The zero-order valence-corrected chi connectivity index (χ0v) is 22.2. The number of hydrogen-bond acceptors (Lipinski definition) is 7. The molecule has 0 saturated heterocycles. The van der Waals surface area contributed by atoms with Gasteiger partial charge >= 0.3 is 0 Å². The lowest BCUT2D eigenvalue weighted by atomic mass is 10.1. The summed E-state index contributed by atoms with van der Waals surface area (Å²) >= 11 is 4.73. The van der Waals surface area contributed by atoms with Gasteiger partial charge in [0.05, 0.1) is 6.61 Å². The van der Waals surface area contributed by atoms with Crippen molar-refractivity contribution in [2.24, 2.45) is 0 Å². The van der Waals surface area contributed by atoms with E-state index in [0.29, 0.717) is 29.9 Å². The third-order valence-corrected chi connectivity index (χ3v) is 7.03. The van der Waals surface area contributed by atoms with Crippen LogP contribution in [-0.2, 0) is 6.61 Å². The summed E-state index contributed by atoms with van der Waals surface area (Å²) in [7, 11) is 0. The van der Waals surface area contributed by atoms with Gasteiger partial charge in [0.2, 0.25) is 6.54 Å².